The second-order valence-corrected chi connectivity index (χ2v) is 10.3. The first-order valence-corrected chi connectivity index (χ1v) is 13.4. The number of aryl methyl sites for hydroxylation is 2. The van der Waals surface area contributed by atoms with Crippen LogP contribution in [0.4, 0.5) is 5.69 Å². The highest BCUT2D eigenvalue weighted by Crippen LogP contribution is 2.42. The van der Waals surface area contributed by atoms with Gasteiger partial charge in [-0.2, -0.15) is 0 Å². The average molecular weight is 544 g/mol. The van der Waals surface area contributed by atoms with Crippen LogP contribution in [0.2, 0.25) is 5.02 Å². The van der Waals surface area contributed by atoms with E-state index in [0.29, 0.717) is 23.1 Å². The van der Waals surface area contributed by atoms with E-state index in [2.05, 4.69) is 45.0 Å². The molecule has 1 aliphatic heterocycles. The van der Waals surface area contributed by atoms with Crippen molar-refractivity contribution in [3.63, 3.8) is 0 Å². The number of hydrogen-bond acceptors (Lipinski definition) is 3. The summed E-state index contributed by atoms with van der Waals surface area (Å²) in [5, 5.41) is 7.82. The Labute approximate surface area is 233 Å². The fraction of sp³-hybridized carbons (Fsp3) is 0.233. The number of aromatic nitrogens is 2. The molecule has 2 atom stereocenters. The van der Waals surface area contributed by atoms with Gasteiger partial charge in [-0.1, -0.05) is 48.0 Å². The predicted octanol–water partition coefficient (Wildman–Crippen LogP) is 6.45. The molecule has 1 amide bonds. The van der Waals surface area contributed by atoms with Crippen molar-refractivity contribution in [2.45, 2.75) is 39.3 Å². The smallest absolute Gasteiger partial charge is 0.226 e. The Hall–Kier alpha value is -3.68. The summed E-state index contributed by atoms with van der Waals surface area (Å²) >= 11 is 12.4. The van der Waals surface area contributed by atoms with E-state index in [9.17, 15) is 4.79 Å². The third kappa shape index (κ3) is 5.04. The quantitative estimate of drug-likeness (QED) is 0.262. The molecule has 0 saturated carbocycles. The van der Waals surface area contributed by atoms with Crippen LogP contribution in [0.5, 0.6) is 0 Å². The van der Waals surface area contributed by atoms with E-state index < -0.39 is 0 Å². The molecule has 194 valence electrons. The van der Waals surface area contributed by atoms with E-state index in [-0.39, 0.29) is 18.0 Å². The molecule has 1 fully saturated rings. The van der Waals surface area contributed by atoms with Gasteiger partial charge in [-0.3, -0.25) is 9.78 Å². The molecule has 38 heavy (non-hydrogen) atoms. The Morgan fingerprint density at radius 1 is 1.05 bits per heavy atom. The first kappa shape index (κ1) is 25.9. The van der Waals surface area contributed by atoms with E-state index in [4.69, 9.17) is 23.8 Å². The van der Waals surface area contributed by atoms with Gasteiger partial charge in [-0.05, 0) is 80.5 Å². The number of carbonyl (C=O) groups is 1. The largest absolute Gasteiger partial charge is 0.352 e. The number of pyridine rings is 1. The van der Waals surface area contributed by atoms with Crippen LogP contribution in [-0.2, 0) is 4.79 Å². The van der Waals surface area contributed by atoms with Crippen LogP contribution in [0.25, 0.3) is 5.69 Å². The van der Waals surface area contributed by atoms with Gasteiger partial charge in [0.15, 0.2) is 5.11 Å². The zero-order valence-electron chi connectivity index (χ0n) is 21.6. The standard InChI is InChI=1S/C30H30ClN5OS/c1-19-10-4-6-12-24(19)33-27(37)15-17-35-29(28(34-30(35)38)25-13-8-9-16-32-25)22-18-20(2)36(21(22)3)26-14-7-5-11-23(26)31/h4-14,16,18,28-29H,15,17H2,1-3H3,(H,33,37)(H,34,38). The van der Waals surface area contributed by atoms with Gasteiger partial charge in [0.1, 0.15) is 0 Å². The van der Waals surface area contributed by atoms with Crippen LogP contribution >= 0.6 is 23.8 Å². The van der Waals surface area contributed by atoms with Gasteiger partial charge in [0.25, 0.3) is 0 Å². The molecule has 2 unspecified atom stereocenters. The van der Waals surface area contributed by atoms with Crippen LogP contribution < -0.4 is 10.6 Å². The van der Waals surface area contributed by atoms with Gasteiger partial charge in [0.2, 0.25) is 5.91 Å². The minimum Gasteiger partial charge on any atom is -0.352 e. The summed E-state index contributed by atoms with van der Waals surface area (Å²) in [7, 11) is 0. The first-order chi connectivity index (χ1) is 18.3. The van der Waals surface area contributed by atoms with Gasteiger partial charge >= 0.3 is 0 Å². The number of carbonyl (C=O) groups excluding carboxylic acids is 1. The molecule has 0 aliphatic carbocycles. The van der Waals surface area contributed by atoms with Crippen molar-refractivity contribution in [2.24, 2.45) is 0 Å². The third-order valence-electron chi connectivity index (χ3n) is 7.08. The second-order valence-electron chi connectivity index (χ2n) is 9.55. The van der Waals surface area contributed by atoms with Crippen molar-refractivity contribution in [3.05, 3.63) is 112 Å². The maximum atomic E-state index is 12.9. The Morgan fingerprint density at radius 3 is 2.53 bits per heavy atom. The number of nitrogens with zero attached hydrogens (tertiary/aromatic N) is 3. The number of hydrogen-bond donors (Lipinski definition) is 2. The average Bonchev–Trinajstić information content (AvgIpc) is 3.39. The Morgan fingerprint density at radius 2 is 1.79 bits per heavy atom. The summed E-state index contributed by atoms with van der Waals surface area (Å²) in [6, 6.07) is 23.4. The summed E-state index contributed by atoms with van der Waals surface area (Å²) in [5.41, 5.74) is 6.94. The highest BCUT2D eigenvalue weighted by Gasteiger charge is 2.41. The monoisotopic (exact) mass is 543 g/mol. The number of rotatable bonds is 7. The van der Waals surface area contributed by atoms with E-state index in [0.717, 1.165) is 39.6 Å². The van der Waals surface area contributed by atoms with E-state index in [1.807, 2.05) is 73.7 Å². The number of benzene rings is 2. The van der Waals surface area contributed by atoms with Crippen LogP contribution in [0.3, 0.4) is 0 Å². The van der Waals surface area contributed by atoms with Crippen LogP contribution in [0.15, 0.2) is 79.0 Å². The SMILES string of the molecule is Cc1ccccc1NC(=O)CCN1C(=S)NC(c2ccccn2)C1c1cc(C)n(-c2ccccc2Cl)c1C. The predicted molar refractivity (Wildman–Crippen MR) is 157 cm³/mol. The van der Waals surface area contributed by atoms with Crippen LogP contribution in [0, 0.1) is 20.8 Å². The number of halogens is 1. The molecule has 2 aromatic heterocycles. The van der Waals surface area contributed by atoms with Crippen molar-refractivity contribution < 1.29 is 4.79 Å². The minimum atomic E-state index is -0.164. The zero-order valence-corrected chi connectivity index (χ0v) is 23.2. The fourth-order valence-corrected chi connectivity index (χ4v) is 5.78. The van der Waals surface area contributed by atoms with Crippen molar-refractivity contribution >= 4 is 40.5 Å². The second kappa shape index (κ2) is 11.0. The van der Waals surface area contributed by atoms with E-state index in [1.54, 1.807) is 6.20 Å². The van der Waals surface area contributed by atoms with Crippen molar-refractivity contribution in [2.75, 3.05) is 11.9 Å². The van der Waals surface area contributed by atoms with Crippen molar-refractivity contribution in [1.29, 1.82) is 0 Å². The van der Waals surface area contributed by atoms with Crippen molar-refractivity contribution in [1.82, 2.24) is 19.8 Å². The highest BCUT2D eigenvalue weighted by atomic mass is 35.5. The molecular weight excluding hydrogens is 514 g/mol. The lowest BCUT2D eigenvalue weighted by Crippen LogP contribution is -2.33. The van der Waals surface area contributed by atoms with Gasteiger partial charge in [0.05, 0.1) is 28.5 Å². The topological polar surface area (TPSA) is 62.2 Å². The molecule has 0 radical (unpaired) electrons. The summed E-state index contributed by atoms with van der Waals surface area (Å²) < 4.78 is 2.18. The lowest BCUT2D eigenvalue weighted by Gasteiger charge is -2.28. The summed E-state index contributed by atoms with van der Waals surface area (Å²) in [6.45, 7) is 6.63. The molecule has 3 heterocycles. The summed E-state index contributed by atoms with van der Waals surface area (Å²) in [4.78, 5) is 19.7. The van der Waals surface area contributed by atoms with E-state index >= 15 is 0 Å². The summed E-state index contributed by atoms with van der Waals surface area (Å²) in [6.07, 6.45) is 2.09. The van der Waals surface area contributed by atoms with Crippen LogP contribution in [-0.4, -0.2) is 32.0 Å². The number of thiocarbonyl (C=S) groups is 1. The molecule has 6 nitrogen and oxygen atoms in total. The number of amides is 1. The third-order valence-corrected chi connectivity index (χ3v) is 7.75. The minimum absolute atomic E-state index is 0.0522. The van der Waals surface area contributed by atoms with Crippen molar-refractivity contribution in [3.8, 4) is 5.69 Å². The Kier molecular flexibility index (Phi) is 7.49. The molecule has 2 aromatic carbocycles. The molecule has 1 saturated heterocycles. The first-order valence-electron chi connectivity index (χ1n) is 12.6. The lowest BCUT2D eigenvalue weighted by atomic mass is 9.96. The lowest BCUT2D eigenvalue weighted by molar-refractivity contribution is -0.116. The molecule has 4 aromatic rings. The fourth-order valence-electron chi connectivity index (χ4n) is 5.22. The molecular formula is C30H30ClN5OS. The Balaban J connectivity index is 1.48. The maximum absolute atomic E-state index is 12.9. The highest BCUT2D eigenvalue weighted by molar-refractivity contribution is 7.80. The van der Waals surface area contributed by atoms with E-state index in [1.165, 1.54) is 0 Å². The molecule has 0 bridgehead atoms. The number of nitrogens with one attached hydrogen (secondary N) is 2. The Bertz CT molecular complexity index is 1490. The molecule has 5 rings (SSSR count). The molecule has 8 heteroatoms. The van der Waals surface area contributed by atoms with Crippen LogP contribution in [0.1, 0.15) is 46.7 Å². The maximum Gasteiger partial charge on any atom is 0.226 e. The number of anilines is 1. The van der Waals surface area contributed by atoms with Gasteiger partial charge in [-0.15, -0.1) is 0 Å². The van der Waals surface area contributed by atoms with Gasteiger partial charge in [0, 0.05) is 36.2 Å². The van der Waals surface area contributed by atoms with Gasteiger partial charge < -0.3 is 20.1 Å². The molecule has 1 aliphatic rings. The normalized spacial score (nSPS) is 16.9. The summed E-state index contributed by atoms with van der Waals surface area (Å²) in [5.74, 6) is -0.0522. The molecule has 0 spiro atoms. The zero-order chi connectivity index (χ0) is 26.8. The number of para-hydroxylation sites is 2. The van der Waals surface area contributed by atoms with Gasteiger partial charge in [-0.25, -0.2) is 0 Å². The molecule has 2 N–H and O–H groups in total.